The predicted octanol–water partition coefficient (Wildman–Crippen LogP) is 0.650. The summed E-state index contributed by atoms with van der Waals surface area (Å²) in [4.78, 5) is 13.7. The molecule has 0 aromatic rings. The van der Waals surface area contributed by atoms with Gasteiger partial charge in [0.25, 0.3) is 0 Å². The van der Waals surface area contributed by atoms with Crippen molar-refractivity contribution in [3.8, 4) is 0 Å². The van der Waals surface area contributed by atoms with E-state index >= 15 is 0 Å². The first-order valence-corrected chi connectivity index (χ1v) is 7.82. The van der Waals surface area contributed by atoms with Crippen LogP contribution in [0.25, 0.3) is 0 Å². The highest BCUT2D eigenvalue weighted by Gasteiger charge is 2.27. The fourth-order valence-corrected chi connectivity index (χ4v) is 4.86. The third kappa shape index (κ3) is 2.81. The first-order chi connectivity index (χ1) is 7.27. The van der Waals surface area contributed by atoms with Crippen LogP contribution in [0.3, 0.4) is 0 Å². The Kier molecular flexibility index (Phi) is 3.80. The quantitative estimate of drug-likeness (QED) is 0.663. The molecule has 4 heteroatoms. The number of nitrogens with zero attached hydrogens (tertiary/aromatic N) is 1. The monoisotopic (exact) mass is 227 g/mol. The molecule has 2 fully saturated rings. The Bertz CT molecular complexity index is 229. The van der Waals surface area contributed by atoms with Gasteiger partial charge in [-0.1, -0.05) is 0 Å². The van der Waals surface area contributed by atoms with Crippen molar-refractivity contribution in [1.82, 2.24) is 4.90 Å². The van der Waals surface area contributed by atoms with Crippen LogP contribution in [0.5, 0.6) is 0 Å². The standard InChI is InChI=1S/C11H21NO2Si/c1-9(12-7-4-5-10(12)13)15-11-6-2-3-8-14-11/h9,11H,2-8,15H2,1H3. The van der Waals surface area contributed by atoms with E-state index in [1.165, 1.54) is 19.3 Å². The average Bonchev–Trinajstić information content (AvgIpc) is 2.66. The van der Waals surface area contributed by atoms with Crippen LogP contribution in [0.2, 0.25) is 0 Å². The van der Waals surface area contributed by atoms with Gasteiger partial charge in [-0.3, -0.25) is 4.79 Å². The number of rotatable bonds is 3. The largest absolute Gasteiger partial charge is 0.382 e. The Morgan fingerprint density at radius 3 is 2.93 bits per heavy atom. The van der Waals surface area contributed by atoms with Crippen LogP contribution in [0.1, 0.15) is 39.0 Å². The molecule has 86 valence electrons. The average molecular weight is 227 g/mol. The zero-order valence-electron chi connectivity index (χ0n) is 9.58. The fourth-order valence-electron chi connectivity index (χ4n) is 2.64. The SMILES string of the molecule is CC([SiH2]C1CCCCO1)N1CCCC1=O. The van der Waals surface area contributed by atoms with Crippen molar-refractivity contribution in [1.29, 1.82) is 0 Å². The van der Waals surface area contributed by atoms with Gasteiger partial charge in [0.05, 0.1) is 9.52 Å². The number of ether oxygens (including phenoxy) is 1. The van der Waals surface area contributed by atoms with Crippen LogP contribution in [0.4, 0.5) is 0 Å². The topological polar surface area (TPSA) is 29.5 Å². The summed E-state index contributed by atoms with van der Waals surface area (Å²) in [7, 11) is -0.288. The third-order valence-corrected chi connectivity index (χ3v) is 5.81. The maximum atomic E-state index is 11.6. The van der Waals surface area contributed by atoms with Crippen LogP contribution in [0.15, 0.2) is 0 Å². The second kappa shape index (κ2) is 5.12. The van der Waals surface area contributed by atoms with E-state index in [-0.39, 0.29) is 9.52 Å². The minimum Gasteiger partial charge on any atom is -0.382 e. The first-order valence-electron chi connectivity index (χ1n) is 6.18. The van der Waals surface area contributed by atoms with Gasteiger partial charge in [-0.2, -0.15) is 0 Å². The summed E-state index contributed by atoms with van der Waals surface area (Å²) >= 11 is 0. The van der Waals surface area contributed by atoms with Crippen molar-refractivity contribution in [2.24, 2.45) is 0 Å². The molecule has 1 amide bonds. The highest BCUT2D eigenvalue weighted by molar-refractivity contribution is 6.39. The highest BCUT2D eigenvalue weighted by atomic mass is 28.2. The molecule has 15 heavy (non-hydrogen) atoms. The molecule has 0 aromatic heterocycles. The van der Waals surface area contributed by atoms with Crippen LogP contribution >= 0.6 is 0 Å². The molecule has 0 aromatic carbocycles. The lowest BCUT2D eigenvalue weighted by atomic mass is 10.2. The zero-order chi connectivity index (χ0) is 10.7. The number of carbonyl (C=O) groups excluding carboxylic acids is 1. The maximum absolute atomic E-state index is 11.6. The lowest BCUT2D eigenvalue weighted by molar-refractivity contribution is -0.128. The van der Waals surface area contributed by atoms with Crippen molar-refractivity contribution in [2.45, 2.75) is 50.4 Å². The van der Waals surface area contributed by atoms with Gasteiger partial charge >= 0.3 is 0 Å². The molecule has 2 rings (SSSR count). The molecule has 0 aliphatic carbocycles. The van der Waals surface area contributed by atoms with Crippen LogP contribution in [-0.4, -0.2) is 44.9 Å². The molecule has 3 nitrogen and oxygen atoms in total. The van der Waals surface area contributed by atoms with Crippen molar-refractivity contribution in [3.63, 3.8) is 0 Å². The molecule has 0 radical (unpaired) electrons. The van der Waals surface area contributed by atoms with Gasteiger partial charge in [-0.15, -0.1) is 0 Å². The van der Waals surface area contributed by atoms with Crippen molar-refractivity contribution >= 4 is 15.4 Å². The molecule has 0 bridgehead atoms. The van der Waals surface area contributed by atoms with Crippen molar-refractivity contribution in [3.05, 3.63) is 0 Å². The third-order valence-electron chi connectivity index (χ3n) is 3.52. The summed E-state index contributed by atoms with van der Waals surface area (Å²) in [6, 6.07) is 0. The second-order valence-corrected chi connectivity index (χ2v) is 7.33. The summed E-state index contributed by atoms with van der Waals surface area (Å²) < 4.78 is 5.77. The molecular weight excluding hydrogens is 206 g/mol. The fraction of sp³-hybridized carbons (Fsp3) is 0.909. The van der Waals surface area contributed by atoms with E-state index in [0.29, 0.717) is 17.3 Å². The molecule has 0 saturated carbocycles. The second-order valence-electron chi connectivity index (χ2n) is 4.76. The minimum atomic E-state index is -0.288. The van der Waals surface area contributed by atoms with Crippen molar-refractivity contribution < 1.29 is 9.53 Å². The van der Waals surface area contributed by atoms with Gasteiger partial charge in [0.2, 0.25) is 5.91 Å². The van der Waals surface area contributed by atoms with E-state index in [1.54, 1.807) is 0 Å². The van der Waals surface area contributed by atoms with Crippen LogP contribution < -0.4 is 0 Å². The van der Waals surface area contributed by atoms with Gasteiger partial charge in [-0.25, -0.2) is 0 Å². The number of hydrogen-bond acceptors (Lipinski definition) is 2. The molecule has 2 unspecified atom stereocenters. The van der Waals surface area contributed by atoms with E-state index in [0.717, 1.165) is 26.0 Å². The molecule has 2 heterocycles. The molecule has 0 N–H and O–H groups in total. The first kappa shape index (κ1) is 11.1. The number of likely N-dealkylation sites (tertiary alicyclic amines) is 1. The van der Waals surface area contributed by atoms with Crippen LogP contribution in [0, 0.1) is 0 Å². The molecule has 2 aliphatic rings. The number of carbonyl (C=O) groups is 1. The van der Waals surface area contributed by atoms with Gasteiger partial charge < -0.3 is 9.64 Å². The molecule has 2 saturated heterocycles. The summed E-state index contributed by atoms with van der Waals surface area (Å²) in [6.45, 7) is 4.14. The molecule has 2 atom stereocenters. The Balaban J connectivity index is 1.80. The molecular formula is C11H21NO2Si. The van der Waals surface area contributed by atoms with Crippen LogP contribution in [-0.2, 0) is 9.53 Å². The summed E-state index contributed by atoms with van der Waals surface area (Å²) in [6.07, 6.45) is 5.60. The summed E-state index contributed by atoms with van der Waals surface area (Å²) in [5.74, 6) is 0.366. The Morgan fingerprint density at radius 1 is 1.47 bits per heavy atom. The number of amides is 1. The van der Waals surface area contributed by atoms with Gasteiger partial charge in [0.15, 0.2) is 0 Å². The van der Waals surface area contributed by atoms with E-state index in [4.69, 9.17) is 4.74 Å². The lowest BCUT2D eigenvalue weighted by Crippen LogP contribution is -2.43. The molecule has 0 spiro atoms. The summed E-state index contributed by atoms with van der Waals surface area (Å²) in [5, 5.41) is 0. The molecule has 2 aliphatic heterocycles. The van der Waals surface area contributed by atoms with E-state index < -0.39 is 0 Å². The van der Waals surface area contributed by atoms with Crippen molar-refractivity contribution in [2.75, 3.05) is 13.2 Å². The van der Waals surface area contributed by atoms with Gasteiger partial charge in [0.1, 0.15) is 0 Å². The smallest absolute Gasteiger partial charge is 0.222 e. The van der Waals surface area contributed by atoms with Gasteiger partial charge in [0, 0.05) is 31.0 Å². The predicted molar refractivity (Wildman–Crippen MR) is 62.5 cm³/mol. The van der Waals surface area contributed by atoms with Gasteiger partial charge in [-0.05, 0) is 32.6 Å². The maximum Gasteiger partial charge on any atom is 0.222 e. The Hall–Kier alpha value is -0.353. The lowest BCUT2D eigenvalue weighted by Gasteiger charge is -2.29. The van der Waals surface area contributed by atoms with E-state index in [1.807, 2.05) is 0 Å². The van der Waals surface area contributed by atoms with E-state index in [2.05, 4.69) is 11.8 Å². The zero-order valence-corrected chi connectivity index (χ0v) is 11.0. The number of hydrogen-bond donors (Lipinski definition) is 0. The Labute approximate surface area is 94.0 Å². The summed E-state index contributed by atoms with van der Waals surface area (Å²) in [5.41, 5.74) is 1.03. The Morgan fingerprint density at radius 2 is 2.33 bits per heavy atom. The highest BCUT2D eigenvalue weighted by Crippen LogP contribution is 2.17. The van der Waals surface area contributed by atoms with E-state index in [9.17, 15) is 4.79 Å². The minimum absolute atomic E-state index is 0.288. The normalized spacial score (nSPS) is 30.3.